The summed E-state index contributed by atoms with van der Waals surface area (Å²) >= 11 is 0. The van der Waals surface area contributed by atoms with Gasteiger partial charge in [0.1, 0.15) is 6.61 Å². The molecule has 5 nitrogen and oxygen atoms in total. The molecule has 0 aliphatic carbocycles. The van der Waals surface area contributed by atoms with Gasteiger partial charge < -0.3 is 14.2 Å². The van der Waals surface area contributed by atoms with Gasteiger partial charge in [-0.3, -0.25) is 9.59 Å². The van der Waals surface area contributed by atoms with Gasteiger partial charge >= 0.3 is 11.9 Å². The topological polar surface area (TPSA) is 61.8 Å². The Morgan fingerprint density at radius 2 is 0.591 bits per heavy atom. The highest BCUT2D eigenvalue weighted by Gasteiger charge is 2.17. The van der Waals surface area contributed by atoms with Crippen LogP contribution in [0.25, 0.3) is 0 Å². The summed E-state index contributed by atoms with van der Waals surface area (Å²) in [6.45, 7) is 7.85. The first kappa shape index (κ1) is 64.1. The lowest BCUT2D eigenvalue weighted by Crippen LogP contribution is -2.30. The number of hydrogen-bond acceptors (Lipinski definition) is 5. The third kappa shape index (κ3) is 54.7. The zero-order valence-corrected chi connectivity index (χ0v) is 44.7. The molecular formula is C61H114O5. The first-order valence-electron chi connectivity index (χ1n) is 29.5. The smallest absolute Gasteiger partial charge is 0.306 e. The Labute approximate surface area is 412 Å². The number of hydrogen-bond donors (Lipinski definition) is 0. The molecule has 0 rings (SSSR count). The van der Waals surface area contributed by atoms with Gasteiger partial charge in [-0.25, -0.2) is 0 Å². The third-order valence-corrected chi connectivity index (χ3v) is 13.1. The molecule has 0 aromatic heterocycles. The van der Waals surface area contributed by atoms with Crippen molar-refractivity contribution in [3.05, 3.63) is 36.5 Å². The maximum absolute atomic E-state index is 12.9. The summed E-state index contributed by atoms with van der Waals surface area (Å²) in [7, 11) is 0. The van der Waals surface area contributed by atoms with E-state index < -0.39 is 6.10 Å². The van der Waals surface area contributed by atoms with Crippen LogP contribution in [0.3, 0.4) is 0 Å². The largest absolute Gasteiger partial charge is 0.462 e. The minimum absolute atomic E-state index is 0.0813. The molecule has 388 valence electrons. The van der Waals surface area contributed by atoms with Gasteiger partial charge in [0.05, 0.1) is 6.61 Å². The van der Waals surface area contributed by atoms with Crippen LogP contribution >= 0.6 is 0 Å². The molecule has 0 N–H and O–H groups in total. The highest BCUT2D eigenvalue weighted by molar-refractivity contribution is 5.70. The van der Waals surface area contributed by atoms with Gasteiger partial charge in [0.15, 0.2) is 6.10 Å². The molecule has 0 aliphatic rings. The molecule has 0 aromatic carbocycles. The third-order valence-electron chi connectivity index (χ3n) is 13.1. The summed E-state index contributed by atoms with van der Waals surface area (Å²) in [6, 6.07) is 0. The Morgan fingerprint density at radius 1 is 0.318 bits per heavy atom. The summed E-state index contributed by atoms with van der Waals surface area (Å²) < 4.78 is 17.5. The lowest BCUT2D eigenvalue weighted by molar-refractivity contribution is -0.163. The van der Waals surface area contributed by atoms with Crippen molar-refractivity contribution in [3.63, 3.8) is 0 Å². The van der Waals surface area contributed by atoms with Crippen molar-refractivity contribution in [2.45, 2.75) is 322 Å². The van der Waals surface area contributed by atoms with E-state index in [1.54, 1.807) is 0 Å². The highest BCUT2D eigenvalue weighted by atomic mass is 16.6. The van der Waals surface area contributed by atoms with Crippen molar-refractivity contribution in [1.29, 1.82) is 0 Å². The van der Waals surface area contributed by atoms with E-state index in [2.05, 4.69) is 57.2 Å². The Balaban J connectivity index is 4.24. The molecule has 66 heavy (non-hydrogen) atoms. The molecule has 0 radical (unpaired) electrons. The van der Waals surface area contributed by atoms with E-state index in [0.29, 0.717) is 19.4 Å². The lowest BCUT2D eigenvalue weighted by Gasteiger charge is -2.18. The van der Waals surface area contributed by atoms with Crippen LogP contribution in [0.4, 0.5) is 0 Å². The van der Waals surface area contributed by atoms with Gasteiger partial charge in [-0.05, 0) is 96.3 Å². The molecule has 0 bridgehead atoms. The maximum Gasteiger partial charge on any atom is 0.306 e. The minimum atomic E-state index is -0.542. The summed E-state index contributed by atoms with van der Waals surface area (Å²) in [4.78, 5) is 25.5. The predicted molar refractivity (Wildman–Crippen MR) is 288 cm³/mol. The molecule has 0 saturated carbocycles. The summed E-state index contributed by atoms with van der Waals surface area (Å²) in [5, 5.41) is 0. The van der Waals surface area contributed by atoms with Crippen LogP contribution in [0.2, 0.25) is 0 Å². The first-order valence-corrected chi connectivity index (χ1v) is 29.5. The second-order valence-electron chi connectivity index (χ2n) is 19.9. The second-order valence-corrected chi connectivity index (χ2v) is 19.9. The first-order chi connectivity index (χ1) is 32.6. The molecule has 1 atom stereocenters. The van der Waals surface area contributed by atoms with Crippen LogP contribution < -0.4 is 0 Å². The molecule has 0 aliphatic heterocycles. The van der Waals surface area contributed by atoms with Crippen molar-refractivity contribution < 1.29 is 23.8 Å². The maximum atomic E-state index is 12.9. The van der Waals surface area contributed by atoms with Gasteiger partial charge in [-0.2, -0.15) is 0 Å². The number of carbonyl (C=O) groups is 2. The van der Waals surface area contributed by atoms with Crippen molar-refractivity contribution in [2.24, 2.45) is 0 Å². The number of unbranched alkanes of at least 4 members (excludes halogenated alkanes) is 38. The van der Waals surface area contributed by atoms with Crippen molar-refractivity contribution in [2.75, 3.05) is 19.8 Å². The zero-order chi connectivity index (χ0) is 47.7. The standard InChI is InChI=1S/C61H114O5/c1-4-7-10-13-16-19-22-25-28-29-30-31-32-35-38-41-44-47-50-53-56-64-57-59(66-61(63)55-52-49-46-43-40-37-34-27-24-21-18-15-12-9-6-3)58-65-60(62)54-51-48-45-42-39-36-33-26-23-20-17-14-11-8-5-2/h25-28,33-34,59H,4-24,29-32,35-58H2,1-3H3/b28-25-,33-26-,34-27-. The van der Waals surface area contributed by atoms with Gasteiger partial charge in [-0.1, -0.05) is 243 Å². The quantitative estimate of drug-likeness (QED) is 0.0345. The Bertz CT molecular complexity index is 1050. The average Bonchev–Trinajstić information content (AvgIpc) is 3.32. The van der Waals surface area contributed by atoms with E-state index in [4.69, 9.17) is 14.2 Å². The minimum Gasteiger partial charge on any atom is -0.462 e. The summed E-state index contributed by atoms with van der Waals surface area (Å²) in [5.41, 5.74) is 0. The second kappa shape index (κ2) is 57.4. The molecule has 0 saturated heterocycles. The fraction of sp³-hybridized carbons (Fsp3) is 0.869. The van der Waals surface area contributed by atoms with Crippen LogP contribution in [0.15, 0.2) is 36.5 Å². The van der Waals surface area contributed by atoms with Crippen molar-refractivity contribution in [1.82, 2.24) is 0 Å². The monoisotopic (exact) mass is 927 g/mol. The van der Waals surface area contributed by atoms with Crippen molar-refractivity contribution >= 4 is 11.9 Å². The Kier molecular flexibility index (Phi) is 55.8. The van der Waals surface area contributed by atoms with E-state index >= 15 is 0 Å². The predicted octanol–water partition coefficient (Wildman–Crippen LogP) is 20.1. The van der Waals surface area contributed by atoms with E-state index in [-0.39, 0.29) is 25.2 Å². The molecule has 0 aromatic rings. The highest BCUT2D eigenvalue weighted by Crippen LogP contribution is 2.15. The molecular weight excluding hydrogens is 813 g/mol. The Morgan fingerprint density at radius 3 is 0.924 bits per heavy atom. The number of carbonyl (C=O) groups excluding carboxylic acids is 2. The van der Waals surface area contributed by atoms with Gasteiger partial charge in [0, 0.05) is 19.4 Å². The lowest BCUT2D eigenvalue weighted by atomic mass is 10.1. The summed E-state index contributed by atoms with van der Waals surface area (Å²) in [6.07, 6.45) is 70.2. The van der Waals surface area contributed by atoms with Crippen LogP contribution in [-0.2, 0) is 23.8 Å². The molecule has 5 heteroatoms. The van der Waals surface area contributed by atoms with Crippen molar-refractivity contribution in [3.8, 4) is 0 Å². The van der Waals surface area contributed by atoms with Crippen LogP contribution in [0.5, 0.6) is 0 Å². The van der Waals surface area contributed by atoms with E-state index in [1.807, 2.05) is 0 Å². The molecule has 0 amide bonds. The number of esters is 2. The molecule has 0 spiro atoms. The van der Waals surface area contributed by atoms with E-state index in [9.17, 15) is 9.59 Å². The van der Waals surface area contributed by atoms with Gasteiger partial charge in [-0.15, -0.1) is 0 Å². The number of allylic oxidation sites excluding steroid dienone is 6. The molecule has 1 unspecified atom stereocenters. The molecule has 0 heterocycles. The fourth-order valence-electron chi connectivity index (χ4n) is 8.67. The summed E-state index contributed by atoms with van der Waals surface area (Å²) in [5.74, 6) is -0.401. The zero-order valence-electron chi connectivity index (χ0n) is 44.7. The molecule has 0 fully saturated rings. The van der Waals surface area contributed by atoms with E-state index in [1.165, 1.54) is 218 Å². The van der Waals surface area contributed by atoms with Crippen LogP contribution in [0.1, 0.15) is 316 Å². The van der Waals surface area contributed by atoms with Gasteiger partial charge in [0.2, 0.25) is 0 Å². The van der Waals surface area contributed by atoms with Crippen LogP contribution in [0, 0.1) is 0 Å². The fourth-order valence-corrected chi connectivity index (χ4v) is 8.67. The number of ether oxygens (including phenoxy) is 3. The SMILES string of the molecule is CCCCCCCC/C=C\CCCCCCCCCCCCOCC(COC(=O)CCCCCCC/C=C\CCCCCCCC)OC(=O)CCCCCCC/C=C\CCCCCCCC. The van der Waals surface area contributed by atoms with Gasteiger partial charge in [0.25, 0.3) is 0 Å². The normalized spacial score (nSPS) is 12.3. The van der Waals surface area contributed by atoms with Crippen LogP contribution in [-0.4, -0.2) is 37.9 Å². The number of rotatable bonds is 55. The Hall–Kier alpha value is -1.88. The average molecular weight is 928 g/mol. The van der Waals surface area contributed by atoms with E-state index in [0.717, 1.165) is 64.2 Å².